The Balaban J connectivity index is 1.26. The van der Waals surface area contributed by atoms with Crippen molar-refractivity contribution in [2.45, 2.75) is 25.3 Å². The van der Waals surface area contributed by atoms with Crippen LogP contribution in [0.4, 0.5) is 0 Å². The third-order valence-electron chi connectivity index (χ3n) is 5.30. The van der Waals surface area contributed by atoms with Crippen molar-refractivity contribution < 1.29 is 4.90 Å². The van der Waals surface area contributed by atoms with Crippen molar-refractivity contribution in [3.63, 3.8) is 0 Å². The number of likely N-dealkylation sites (tertiary alicyclic amines) is 1. The van der Waals surface area contributed by atoms with Crippen molar-refractivity contribution >= 4 is 21.6 Å². The number of aromatic nitrogens is 5. The van der Waals surface area contributed by atoms with Crippen LogP contribution in [0.25, 0.3) is 15.9 Å². The predicted molar refractivity (Wildman–Crippen MR) is 105 cm³/mol. The van der Waals surface area contributed by atoms with E-state index < -0.39 is 0 Å². The molecule has 1 aliphatic heterocycles. The average Bonchev–Trinajstić information content (AvgIpc) is 3.36. The molecule has 4 aromatic rings. The van der Waals surface area contributed by atoms with Crippen LogP contribution in [0, 0.1) is 0 Å². The highest BCUT2D eigenvalue weighted by Crippen LogP contribution is 2.31. The average molecular weight is 377 g/mol. The second-order valence-corrected chi connectivity index (χ2v) is 8.13. The van der Waals surface area contributed by atoms with E-state index in [1.165, 1.54) is 22.5 Å². The number of quaternary nitrogens is 1. The maximum Gasteiger partial charge on any atom is 0.210 e. The molecule has 1 aliphatic rings. The molecule has 0 aliphatic carbocycles. The highest BCUT2D eigenvalue weighted by atomic mass is 32.1. The number of fused-ring (bicyclic) bond motifs is 1. The molecule has 5 rings (SSSR count). The molecule has 1 saturated heterocycles. The molecule has 0 unspecified atom stereocenters. The van der Waals surface area contributed by atoms with Gasteiger partial charge in [0.1, 0.15) is 6.54 Å². The molecule has 2 aromatic carbocycles. The number of hydrogen-bond acceptors (Lipinski definition) is 5. The van der Waals surface area contributed by atoms with Crippen LogP contribution in [0.15, 0.2) is 54.6 Å². The minimum atomic E-state index is 0.580. The third kappa shape index (κ3) is 3.36. The molecule has 7 heteroatoms. The molecule has 0 spiro atoms. The van der Waals surface area contributed by atoms with Crippen molar-refractivity contribution in [2.24, 2.45) is 0 Å². The van der Waals surface area contributed by atoms with Gasteiger partial charge in [-0.15, -0.1) is 16.4 Å². The summed E-state index contributed by atoms with van der Waals surface area (Å²) in [4.78, 5) is 6.40. The van der Waals surface area contributed by atoms with Crippen LogP contribution in [0.1, 0.15) is 29.6 Å². The molecular weight excluding hydrogens is 356 g/mol. The zero-order valence-corrected chi connectivity index (χ0v) is 15.8. The molecule has 0 saturated carbocycles. The minimum absolute atomic E-state index is 0.580. The summed E-state index contributed by atoms with van der Waals surface area (Å²) in [7, 11) is 0. The zero-order chi connectivity index (χ0) is 18.1. The van der Waals surface area contributed by atoms with Gasteiger partial charge >= 0.3 is 0 Å². The monoisotopic (exact) mass is 377 g/mol. The van der Waals surface area contributed by atoms with Crippen LogP contribution in [-0.4, -0.2) is 38.3 Å². The number of benzene rings is 2. The minimum Gasteiger partial charge on any atom is -0.328 e. The predicted octanol–water partition coefficient (Wildman–Crippen LogP) is 2.23. The molecule has 0 atom stereocenters. The molecule has 6 nitrogen and oxygen atoms in total. The largest absolute Gasteiger partial charge is 0.328 e. The molecule has 27 heavy (non-hydrogen) atoms. The molecule has 0 amide bonds. The third-order valence-corrected chi connectivity index (χ3v) is 6.49. The number of hydrogen-bond donors (Lipinski definition) is 1. The lowest BCUT2D eigenvalue weighted by Crippen LogP contribution is -3.11. The number of rotatable bonds is 4. The van der Waals surface area contributed by atoms with Gasteiger partial charge in [0, 0.05) is 18.8 Å². The van der Waals surface area contributed by atoms with E-state index in [9.17, 15) is 0 Å². The molecule has 0 bridgehead atoms. The van der Waals surface area contributed by atoms with Crippen LogP contribution in [0.2, 0.25) is 0 Å². The fraction of sp³-hybridized carbons (Fsp3) is 0.300. The van der Waals surface area contributed by atoms with Gasteiger partial charge in [0.25, 0.3) is 0 Å². The van der Waals surface area contributed by atoms with Crippen molar-refractivity contribution in [2.75, 3.05) is 13.1 Å². The number of tetrazole rings is 1. The van der Waals surface area contributed by atoms with E-state index in [0.717, 1.165) is 36.7 Å². The Labute approximate surface area is 161 Å². The summed E-state index contributed by atoms with van der Waals surface area (Å²) in [5.41, 5.74) is 2.15. The summed E-state index contributed by atoms with van der Waals surface area (Å²) in [5, 5.41) is 13.6. The van der Waals surface area contributed by atoms with E-state index in [2.05, 4.69) is 39.8 Å². The van der Waals surface area contributed by atoms with Crippen LogP contribution in [0.5, 0.6) is 0 Å². The topological polar surface area (TPSA) is 60.9 Å². The first kappa shape index (κ1) is 16.5. The van der Waals surface area contributed by atoms with Crippen LogP contribution in [-0.2, 0) is 6.54 Å². The quantitative estimate of drug-likeness (QED) is 0.593. The fourth-order valence-corrected chi connectivity index (χ4v) is 4.96. The van der Waals surface area contributed by atoms with Gasteiger partial charge in [-0.05, 0) is 34.7 Å². The zero-order valence-electron chi connectivity index (χ0n) is 15.0. The lowest BCUT2D eigenvalue weighted by atomic mass is 9.97. The van der Waals surface area contributed by atoms with Gasteiger partial charge in [0.2, 0.25) is 5.82 Å². The van der Waals surface area contributed by atoms with Crippen molar-refractivity contribution in [1.82, 2.24) is 25.2 Å². The first-order valence-corrected chi connectivity index (χ1v) is 10.2. The van der Waals surface area contributed by atoms with E-state index in [1.54, 1.807) is 4.90 Å². The summed E-state index contributed by atoms with van der Waals surface area (Å²) in [5.74, 6) is 1.51. The lowest BCUT2D eigenvalue weighted by Gasteiger charge is -2.27. The van der Waals surface area contributed by atoms with E-state index in [4.69, 9.17) is 4.98 Å². The Bertz CT molecular complexity index is 1000. The SMILES string of the molecule is c1ccc(-n2nnnc2C[NH+]2CCC(c3nc4ccccc4s3)CC2)cc1. The Morgan fingerprint density at radius 1 is 1.00 bits per heavy atom. The lowest BCUT2D eigenvalue weighted by molar-refractivity contribution is -0.919. The maximum absolute atomic E-state index is 4.86. The van der Waals surface area contributed by atoms with E-state index in [0.29, 0.717) is 5.92 Å². The van der Waals surface area contributed by atoms with Gasteiger partial charge in [-0.2, -0.15) is 4.68 Å². The molecule has 1 N–H and O–H groups in total. The first-order valence-electron chi connectivity index (χ1n) is 9.38. The Kier molecular flexibility index (Phi) is 4.39. The van der Waals surface area contributed by atoms with Gasteiger partial charge in [0.15, 0.2) is 0 Å². The molecule has 2 aromatic heterocycles. The van der Waals surface area contributed by atoms with Crippen LogP contribution >= 0.6 is 11.3 Å². The summed E-state index contributed by atoms with van der Waals surface area (Å²) in [6.07, 6.45) is 2.34. The summed E-state index contributed by atoms with van der Waals surface area (Å²) >= 11 is 1.85. The molecule has 136 valence electrons. The highest BCUT2D eigenvalue weighted by Gasteiger charge is 2.27. The second-order valence-electron chi connectivity index (χ2n) is 7.06. The van der Waals surface area contributed by atoms with E-state index in [-0.39, 0.29) is 0 Å². The Morgan fingerprint density at radius 2 is 1.78 bits per heavy atom. The number of thiazole rings is 1. The van der Waals surface area contributed by atoms with Crippen LogP contribution < -0.4 is 4.90 Å². The highest BCUT2D eigenvalue weighted by molar-refractivity contribution is 7.18. The van der Waals surface area contributed by atoms with E-state index >= 15 is 0 Å². The van der Waals surface area contributed by atoms with Crippen molar-refractivity contribution in [3.05, 3.63) is 65.4 Å². The first-order chi connectivity index (χ1) is 13.4. The van der Waals surface area contributed by atoms with Gasteiger partial charge in [-0.1, -0.05) is 30.3 Å². The van der Waals surface area contributed by atoms with Gasteiger partial charge in [-0.3, -0.25) is 0 Å². The normalized spacial score (nSPS) is 20.1. The molecule has 3 heterocycles. The molecular formula is C20H21N6S+. The summed E-state index contributed by atoms with van der Waals surface area (Å²) < 4.78 is 3.15. The van der Waals surface area contributed by atoms with Gasteiger partial charge in [-0.25, -0.2) is 4.98 Å². The second kappa shape index (κ2) is 7.17. The standard InChI is InChI=1S/C20H20N6S/c1-2-6-16(7-3-1)26-19(22-23-24-26)14-25-12-10-15(11-13-25)20-21-17-8-4-5-9-18(17)27-20/h1-9,15H,10-14H2/p+1. The number of para-hydroxylation sites is 2. The Morgan fingerprint density at radius 3 is 2.59 bits per heavy atom. The molecule has 1 fully saturated rings. The van der Waals surface area contributed by atoms with Crippen molar-refractivity contribution in [3.8, 4) is 5.69 Å². The fourth-order valence-electron chi connectivity index (χ4n) is 3.82. The van der Waals surface area contributed by atoms with Gasteiger partial charge in [0.05, 0.1) is 34.0 Å². The summed E-state index contributed by atoms with van der Waals surface area (Å²) in [6, 6.07) is 18.5. The maximum atomic E-state index is 4.86. The van der Waals surface area contributed by atoms with Crippen molar-refractivity contribution in [1.29, 1.82) is 0 Å². The van der Waals surface area contributed by atoms with Crippen LogP contribution in [0.3, 0.4) is 0 Å². The number of nitrogens with one attached hydrogen (secondary N) is 1. The van der Waals surface area contributed by atoms with Gasteiger partial charge < -0.3 is 4.90 Å². The van der Waals surface area contributed by atoms with E-state index in [1.807, 2.05) is 46.4 Å². The molecule has 0 radical (unpaired) electrons. The Hall–Kier alpha value is -2.64. The smallest absolute Gasteiger partial charge is 0.210 e. The number of nitrogens with zero attached hydrogens (tertiary/aromatic N) is 5. The number of piperidine rings is 1. The summed E-state index contributed by atoms with van der Waals surface area (Å²) in [6.45, 7) is 3.11.